The van der Waals surface area contributed by atoms with Crippen molar-refractivity contribution in [3.8, 4) is 5.75 Å². The number of nitrogens with zero attached hydrogens (tertiary/aromatic N) is 2. The number of hydrogen-bond acceptors (Lipinski definition) is 4. The van der Waals surface area contributed by atoms with Crippen molar-refractivity contribution in [1.82, 2.24) is 9.88 Å². The standard InChI is InChI=1S/C23H23F3N2O3/c24-23(25,26)31-20-10-15(9-18(11-20)16-2-3-16)1-5-19-6-4-17(12-27-19)21(29)28-8-7-22(28)13-30-14-22/h4,6,9-12,16H,1-3,5,7-8,13-14H2. The number of benzene rings is 1. The van der Waals surface area contributed by atoms with Crippen LogP contribution in [0.2, 0.25) is 0 Å². The second-order valence-electron chi connectivity index (χ2n) is 8.69. The summed E-state index contributed by atoms with van der Waals surface area (Å²) < 4.78 is 47.4. The third-order valence-electron chi connectivity index (χ3n) is 6.37. The third-order valence-corrected chi connectivity index (χ3v) is 6.37. The van der Waals surface area contributed by atoms with Gasteiger partial charge in [-0.3, -0.25) is 9.78 Å². The molecular formula is C23H23F3N2O3. The summed E-state index contributed by atoms with van der Waals surface area (Å²) >= 11 is 0. The lowest BCUT2D eigenvalue weighted by Gasteiger charge is -2.57. The van der Waals surface area contributed by atoms with E-state index >= 15 is 0 Å². The molecule has 5 rings (SSSR count). The lowest BCUT2D eigenvalue weighted by molar-refractivity contribution is -0.274. The molecule has 3 aliphatic rings. The van der Waals surface area contributed by atoms with E-state index in [0.717, 1.165) is 42.6 Å². The molecular weight excluding hydrogens is 409 g/mol. The highest BCUT2D eigenvalue weighted by Gasteiger charge is 2.53. The highest BCUT2D eigenvalue weighted by Crippen LogP contribution is 2.42. The number of pyridine rings is 1. The van der Waals surface area contributed by atoms with Gasteiger partial charge in [-0.25, -0.2) is 0 Å². The van der Waals surface area contributed by atoms with Gasteiger partial charge in [-0.15, -0.1) is 13.2 Å². The van der Waals surface area contributed by atoms with E-state index in [-0.39, 0.29) is 17.2 Å². The first-order valence-corrected chi connectivity index (χ1v) is 10.6. The van der Waals surface area contributed by atoms with Crippen LogP contribution in [-0.4, -0.2) is 47.5 Å². The van der Waals surface area contributed by atoms with Gasteiger partial charge in [-0.1, -0.05) is 6.07 Å². The highest BCUT2D eigenvalue weighted by atomic mass is 19.4. The van der Waals surface area contributed by atoms with Crippen LogP contribution in [0.4, 0.5) is 13.2 Å². The Morgan fingerprint density at radius 2 is 2.00 bits per heavy atom. The minimum absolute atomic E-state index is 0.0281. The molecule has 1 aromatic carbocycles. The number of hydrogen-bond donors (Lipinski definition) is 0. The van der Waals surface area contributed by atoms with Gasteiger partial charge in [0.05, 0.1) is 24.3 Å². The first kappa shape index (κ1) is 20.3. The number of ether oxygens (including phenoxy) is 2. The van der Waals surface area contributed by atoms with E-state index in [9.17, 15) is 18.0 Å². The van der Waals surface area contributed by atoms with Crippen LogP contribution >= 0.6 is 0 Å². The summed E-state index contributed by atoms with van der Waals surface area (Å²) in [4.78, 5) is 19.0. The lowest BCUT2D eigenvalue weighted by atomic mass is 9.82. The number of alkyl halides is 3. The van der Waals surface area contributed by atoms with Crippen molar-refractivity contribution in [3.05, 3.63) is 58.9 Å². The van der Waals surface area contributed by atoms with E-state index in [1.54, 1.807) is 12.3 Å². The van der Waals surface area contributed by atoms with Gasteiger partial charge < -0.3 is 14.4 Å². The summed E-state index contributed by atoms with van der Waals surface area (Å²) in [6, 6.07) is 8.48. The number of carbonyl (C=O) groups excluding carboxylic acids is 1. The molecule has 0 atom stereocenters. The summed E-state index contributed by atoms with van der Waals surface area (Å²) in [5.41, 5.74) is 2.91. The van der Waals surface area contributed by atoms with Crippen molar-refractivity contribution in [2.24, 2.45) is 0 Å². The van der Waals surface area contributed by atoms with E-state index in [4.69, 9.17) is 4.74 Å². The molecule has 2 aromatic rings. The minimum atomic E-state index is -4.70. The van der Waals surface area contributed by atoms with Crippen LogP contribution in [0.5, 0.6) is 5.75 Å². The summed E-state index contributed by atoms with van der Waals surface area (Å²) in [5.74, 6) is 0.133. The van der Waals surface area contributed by atoms with Gasteiger partial charge in [0.15, 0.2) is 0 Å². The Balaban J connectivity index is 1.24. The zero-order valence-corrected chi connectivity index (χ0v) is 17.0. The molecule has 3 fully saturated rings. The molecule has 1 aliphatic carbocycles. The van der Waals surface area contributed by atoms with Gasteiger partial charge in [-0.2, -0.15) is 0 Å². The Kier molecular flexibility index (Phi) is 4.92. The molecule has 164 valence electrons. The summed E-state index contributed by atoms with van der Waals surface area (Å²) in [6.07, 6.45) is 0.959. The lowest BCUT2D eigenvalue weighted by Crippen LogP contribution is -2.72. The minimum Gasteiger partial charge on any atom is -0.406 e. The van der Waals surface area contributed by atoms with Crippen molar-refractivity contribution in [1.29, 1.82) is 0 Å². The molecule has 0 radical (unpaired) electrons. The Labute approximate surface area is 178 Å². The van der Waals surface area contributed by atoms with Gasteiger partial charge in [0.2, 0.25) is 0 Å². The fraction of sp³-hybridized carbons (Fsp3) is 0.478. The smallest absolute Gasteiger partial charge is 0.406 e. The largest absolute Gasteiger partial charge is 0.573 e. The molecule has 31 heavy (non-hydrogen) atoms. The van der Waals surface area contributed by atoms with E-state index in [2.05, 4.69) is 9.72 Å². The first-order valence-electron chi connectivity index (χ1n) is 10.6. The maximum Gasteiger partial charge on any atom is 0.573 e. The normalized spacial score (nSPS) is 19.6. The van der Waals surface area contributed by atoms with Gasteiger partial charge in [0, 0.05) is 18.4 Å². The van der Waals surface area contributed by atoms with Crippen molar-refractivity contribution < 1.29 is 27.4 Å². The van der Waals surface area contributed by atoms with Gasteiger partial charge >= 0.3 is 6.36 Å². The molecule has 8 heteroatoms. The number of aryl methyl sites for hydroxylation is 2. The van der Waals surface area contributed by atoms with Gasteiger partial charge in [0.25, 0.3) is 5.91 Å². The van der Waals surface area contributed by atoms with Crippen LogP contribution < -0.4 is 4.74 Å². The Morgan fingerprint density at radius 1 is 1.19 bits per heavy atom. The number of rotatable bonds is 6. The quantitative estimate of drug-likeness (QED) is 0.685. The summed E-state index contributed by atoms with van der Waals surface area (Å²) in [6.45, 7) is 1.94. The number of amides is 1. The molecule has 0 bridgehead atoms. The number of halogens is 3. The van der Waals surface area contributed by atoms with E-state index in [1.165, 1.54) is 12.1 Å². The van der Waals surface area contributed by atoms with E-state index in [0.29, 0.717) is 37.5 Å². The second kappa shape index (κ2) is 7.51. The molecule has 2 saturated heterocycles. The number of likely N-dealkylation sites (tertiary alicyclic amines) is 1. The fourth-order valence-electron chi connectivity index (χ4n) is 4.30. The predicted octanol–water partition coefficient (Wildman–Crippen LogP) is 4.26. The van der Waals surface area contributed by atoms with Crippen LogP contribution in [0.15, 0.2) is 36.5 Å². The van der Waals surface area contributed by atoms with Crippen LogP contribution in [0, 0.1) is 0 Å². The van der Waals surface area contributed by atoms with Gasteiger partial charge in [-0.05, 0) is 73.4 Å². The molecule has 2 aliphatic heterocycles. The highest BCUT2D eigenvalue weighted by molar-refractivity contribution is 5.95. The SMILES string of the molecule is O=C(c1ccc(CCc2cc(OC(F)(F)F)cc(C3CC3)c2)nc1)N1CCC12COC2. The average Bonchev–Trinajstić information content (AvgIpc) is 3.48. The maximum atomic E-state index is 12.7. The molecule has 1 aromatic heterocycles. The van der Waals surface area contributed by atoms with Crippen molar-refractivity contribution in [2.75, 3.05) is 19.8 Å². The Hall–Kier alpha value is -2.61. The van der Waals surface area contributed by atoms with E-state index in [1.807, 2.05) is 17.0 Å². The molecule has 0 N–H and O–H groups in total. The molecule has 5 nitrogen and oxygen atoms in total. The van der Waals surface area contributed by atoms with Crippen LogP contribution in [0.3, 0.4) is 0 Å². The molecule has 0 unspecified atom stereocenters. The summed E-state index contributed by atoms with van der Waals surface area (Å²) in [7, 11) is 0. The summed E-state index contributed by atoms with van der Waals surface area (Å²) in [5, 5.41) is 0. The van der Waals surface area contributed by atoms with E-state index < -0.39 is 6.36 Å². The maximum absolute atomic E-state index is 12.7. The number of aromatic nitrogens is 1. The van der Waals surface area contributed by atoms with Crippen molar-refractivity contribution >= 4 is 5.91 Å². The van der Waals surface area contributed by atoms with Crippen LogP contribution in [0.1, 0.15) is 52.4 Å². The number of carbonyl (C=O) groups is 1. The second-order valence-corrected chi connectivity index (χ2v) is 8.69. The first-order chi connectivity index (χ1) is 14.8. The molecule has 1 spiro atoms. The Bertz CT molecular complexity index is 977. The predicted molar refractivity (Wildman–Crippen MR) is 106 cm³/mol. The third kappa shape index (κ3) is 4.26. The topological polar surface area (TPSA) is 51.7 Å². The molecule has 1 saturated carbocycles. The Morgan fingerprint density at radius 3 is 2.55 bits per heavy atom. The fourth-order valence-corrected chi connectivity index (χ4v) is 4.30. The van der Waals surface area contributed by atoms with Crippen LogP contribution in [-0.2, 0) is 17.6 Å². The zero-order valence-electron chi connectivity index (χ0n) is 17.0. The van der Waals surface area contributed by atoms with Crippen molar-refractivity contribution in [3.63, 3.8) is 0 Å². The van der Waals surface area contributed by atoms with Crippen LogP contribution in [0.25, 0.3) is 0 Å². The monoisotopic (exact) mass is 432 g/mol. The zero-order chi connectivity index (χ0) is 21.6. The van der Waals surface area contributed by atoms with Gasteiger partial charge in [0.1, 0.15) is 5.75 Å². The average molecular weight is 432 g/mol. The molecule has 1 amide bonds. The van der Waals surface area contributed by atoms with Crippen molar-refractivity contribution in [2.45, 2.75) is 49.9 Å². The molecule has 3 heterocycles.